The summed E-state index contributed by atoms with van der Waals surface area (Å²) in [7, 11) is -3.33. The third-order valence-electron chi connectivity index (χ3n) is 4.14. The van der Waals surface area contributed by atoms with Gasteiger partial charge in [-0.1, -0.05) is 36.8 Å². The minimum Gasteiger partial charge on any atom is -0.355 e. The van der Waals surface area contributed by atoms with Gasteiger partial charge in [0, 0.05) is 25.6 Å². The Morgan fingerprint density at radius 2 is 1.96 bits per heavy atom. The average Bonchev–Trinajstić information content (AvgIpc) is 2.46. The molecule has 0 bridgehead atoms. The molecule has 0 aliphatic heterocycles. The van der Waals surface area contributed by atoms with E-state index in [9.17, 15) is 13.2 Å². The predicted molar refractivity (Wildman–Crippen MR) is 90.1 cm³/mol. The Morgan fingerprint density at radius 1 is 1.26 bits per heavy atom. The normalized spacial score (nSPS) is 16.6. The topological polar surface area (TPSA) is 101 Å². The van der Waals surface area contributed by atoms with Crippen LogP contribution in [0.3, 0.4) is 0 Å². The van der Waals surface area contributed by atoms with E-state index in [2.05, 4.69) is 10.0 Å². The number of carbonyl (C=O) groups excluding carboxylic acids is 1. The number of benzene rings is 1. The first-order chi connectivity index (χ1) is 11.0. The predicted octanol–water partition coefficient (Wildman–Crippen LogP) is 0.912. The van der Waals surface area contributed by atoms with E-state index in [1.54, 1.807) is 0 Å². The van der Waals surface area contributed by atoms with E-state index in [4.69, 9.17) is 5.73 Å². The van der Waals surface area contributed by atoms with Gasteiger partial charge in [0.05, 0.1) is 5.75 Å². The van der Waals surface area contributed by atoms with Gasteiger partial charge in [0.15, 0.2) is 0 Å². The summed E-state index contributed by atoms with van der Waals surface area (Å²) in [6.45, 7) is 0.607. The monoisotopic (exact) mass is 339 g/mol. The van der Waals surface area contributed by atoms with Crippen LogP contribution in [0.1, 0.15) is 37.3 Å². The van der Waals surface area contributed by atoms with Crippen LogP contribution in [0.15, 0.2) is 30.3 Å². The van der Waals surface area contributed by atoms with Crippen LogP contribution in [0.25, 0.3) is 0 Å². The molecule has 1 aliphatic rings. The van der Waals surface area contributed by atoms with Crippen molar-refractivity contribution >= 4 is 15.9 Å². The highest BCUT2D eigenvalue weighted by molar-refractivity contribution is 7.89. The summed E-state index contributed by atoms with van der Waals surface area (Å²) in [4.78, 5) is 11.8. The Bertz CT molecular complexity index is 600. The first kappa shape index (κ1) is 17.9. The highest BCUT2D eigenvalue weighted by Crippen LogP contribution is 2.25. The van der Waals surface area contributed by atoms with Gasteiger partial charge in [0.2, 0.25) is 15.9 Å². The van der Waals surface area contributed by atoms with Crippen molar-refractivity contribution in [1.82, 2.24) is 10.0 Å². The van der Waals surface area contributed by atoms with Crippen molar-refractivity contribution in [3.05, 3.63) is 35.9 Å². The molecule has 1 unspecified atom stereocenters. The van der Waals surface area contributed by atoms with Gasteiger partial charge in [-0.3, -0.25) is 4.79 Å². The lowest BCUT2D eigenvalue weighted by Gasteiger charge is -2.25. The number of carbonyl (C=O) groups is 1. The molecule has 4 N–H and O–H groups in total. The fourth-order valence-electron chi connectivity index (χ4n) is 2.43. The molecule has 1 aliphatic carbocycles. The van der Waals surface area contributed by atoms with Crippen molar-refractivity contribution in [2.75, 3.05) is 18.8 Å². The van der Waals surface area contributed by atoms with Crippen molar-refractivity contribution in [3.8, 4) is 0 Å². The lowest BCUT2D eigenvalue weighted by atomic mass is 9.86. The van der Waals surface area contributed by atoms with Gasteiger partial charge in [-0.05, 0) is 24.3 Å². The molecule has 0 radical (unpaired) electrons. The van der Waals surface area contributed by atoms with Gasteiger partial charge in [0.1, 0.15) is 0 Å². The van der Waals surface area contributed by atoms with E-state index in [0.29, 0.717) is 12.5 Å². The second-order valence-electron chi connectivity index (χ2n) is 6.04. The van der Waals surface area contributed by atoms with E-state index >= 15 is 0 Å². The second-order valence-corrected chi connectivity index (χ2v) is 7.96. The maximum Gasteiger partial charge on any atom is 0.221 e. The minimum absolute atomic E-state index is 0.0976. The summed E-state index contributed by atoms with van der Waals surface area (Å²) in [6, 6.07) is 8.97. The van der Waals surface area contributed by atoms with E-state index in [-0.39, 0.29) is 30.7 Å². The van der Waals surface area contributed by atoms with Crippen LogP contribution in [-0.4, -0.2) is 33.2 Å². The fraction of sp³-hybridized carbons (Fsp3) is 0.562. The van der Waals surface area contributed by atoms with Crippen LogP contribution in [0.2, 0.25) is 0 Å². The zero-order valence-electron chi connectivity index (χ0n) is 13.2. The Labute approximate surface area is 137 Å². The van der Waals surface area contributed by atoms with E-state index in [1.807, 2.05) is 30.3 Å². The van der Waals surface area contributed by atoms with Gasteiger partial charge >= 0.3 is 0 Å². The number of hydrogen-bond acceptors (Lipinski definition) is 4. The molecule has 2 rings (SSSR count). The zero-order chi connectivity index (χ0) is 16.7. The van der Waals surface area contributed by atoms with Gasteiger partial charge in [-0.15, -0.1) is 0 Å². The third kappa shape index (κ3) is 6.29. The molecule has 0 heterocycles. The first-order valence-electron chi connectivity index (χ1n) is 8.01. The van der Waals surface area contributed by atoms with Gasteiger partial charge in [-0.2, -0.15) is 0 Å². The van der Waals surface area contributed by atoms with Gasteiger partial charge in [-0.25, -0.2) is 13.1 Å². The lowest BCUT2D eigenvalue weighted by Crippen LogP contribution is -2.38. The SMILES string of the molecule is NC(CC(=O)NCCS(=O)(=O)NCC1CCC1)c1ccccc1. The molecule has 1 atom stereocenters. The summed E-state index contributed by atoms with van der Waals surface area (Å²) in [5.41, 5.74) is 6.85. The van der Waals surface area contributed by atoms with Crippen molar-refractivity contribution in [2.24, 2.45) is 11.7 Å². The summed E-state index contributed by atoms with van der Waals surface area (Å²) < 4.78 is 26.2. The zero-order valence-corrected chi connectivity index (χ0v) is 14.0. The largest absolute Gasteiger partial charge is 0.355 e. The Kier molecular flexibility index (Phi) is 6.56. The smallest absolute Gasteiger partial charge is 0.221 e. The summed E-state index contributed by atoms with van der Waals surface area (Å²) >= 11 is 0. The molecule has 1 aromatic carbocycles. The van der Waals surface area contributed by atoms with E-state index in [1.165, 1.54) is 6.42 Å². The molecule has 23 heavy (non-hydrogen) atoms. The summed E-state index contributed by atoms with van der Waals surface area (Å²) in [6.07, 6.45) is 3.51. The number of sulfonamides is 1. The van der Waals surface area contributed by atoms with Crippen molar-refractivity contribution in [2.45, 2.75) is 31.7 Å². The number of hydrogen-bond donors (Lipinski definition) is 3. The molecular weight excluding hydrogens is 314 g/mol. The molecule has 1 fully saturated rings. The molecule has 1 amide bonds. The van der Waals surface area contributed by atoms with Crippen molar-refractivity contribution in [3.63, 3.8) is 0 Å². The number of nitrogens with two attached hydrogens (primary N) is 1. The Balaban J connectivity index is 1.65. The van der Waals surface area contributed by atoms with E-state index < -0.39 is 10.0 Å². The van der Waals surface area contributed by atoms with Crippen LogP contribution in [0.5, 0.6) is 0 Å². The molecule has 0 spiro atoms. The van der Waals surface area contributed by atoms with Gasteiger partial charge in [0.25, 0.3) is 0 Å². The quantitative estimate of drug-likeness (QED) is 0.622. The Morgan fingerprint density at radius 3 is 2.57 bits per heavy atom. The highest BCUT2D eigenvalue weighted by Gasteiger charge is 2.20. The van der Waals surface area contributed by atoms with Crippen LogP contribution < -0.4 is 15.8 Å². The number of nitrogens with one attached hydrogen (secondary N) is 2. The Hall–Kier alpha value is -1.44. The van der Waals surface area contributed by atoms with Gasteiger partial charge < -0.3 is 11.1 Å². The minimum atomic E-state index is -3.33. The second kappa shape index (κ2) is 8.42. The molecule has 1 aromatic rings. The van der Waals surface area contributed by atoms with Crippen LogP contribution in [0, 0.1) is 5.92 Å². The molecule has 7 heteroatoms. The molecule has 128 valence electrons. The number of amides is 1. The molecular formula is C16H25N3O3S. The van der Waals surface area contributed by atoms with Crippen LogP contribution in [0.4, 0.5) is 0 Å². The van der Waals surface area contributed by atoms with Crippen LogP contribution >= 0.6 is 0 Å². The van der Waals surface area contributed by atoms with Crippen molar-refractivity contribution < 1.29 is 13.2 Å². The molecule has 0 aromatic heterocycles. The maximum atomic E-state index is 11.8. The fourth-order valence-corrected chi connectivity index (χ4v) is 3.43. The summed E-state index contributed by atoms with van der Waals surface area (Å²) in [5.74, 6) is 0.130. The van der Waals surface area contributed by atoms with Crippen LogP contribution in [-0.2, 0) is 14.8 Å². The highest BCUT2D eigenvalue weighted by atomic mass is 32.2. The molecule has 1 saturated carbocycles. The standard InChI is InChI=1S/C16H25N3O3S/c17-15(14-7-2-1-3-8-14)11-16(20)18-9-10-23(21,22)19-12-13-5-4-6-13/h1-3,7-8,13,15,19H,4-6,9-12,17H2,(H,18,20). The summed E-state index contributed by atoms with van der Waals surface area (Å²) in [5, 5.41) is 2.62. The van der Waals surface area contributed by atoms with Crippen molar-refractivity contribution in [1.29, 1.82) is 0 Å². The maximum absolute atomic E-state index is 11.8. The molecule has 0 saturated heterocycles. The third-order valence-corrected chi connectivity index (χ3v) is 5.49. The lowest BCUT2D eigenvalue weighted by molar-refractivity contribution is -0.121. The number of rotatable bonds is 9. The average molecular weight is 339 g/mol. The molecule has 6 nitrogen and oxygen atoms in total. The van der Waals surface area contributed by atoms with E-state index in [0.717, 1.165) is 18.4 Å². The first-order valence-corrected chi connectivity index (χ1v) is 9.66.